The second-order valence-electron chi connectivity index (χ2n) is 15.6. The number of rotatable bonds is 9. The predicted molar refractivity (Wildman–Crippen MR) is 205 cm³/mol. The van der Waals surface area contributed by atoms with E-state index in [1.165, 1.54) is 50.2 Å². The smallest absolute Gasteiger partial charge is 0.164 e. The summed E-state index contributed by atoms with van der Waals surface area (Å²) < 4.78 is 0. The molecular formula is C45H58IrNO2-. The molecule has 1 N–H and O–H groups in total. The first kappa shape index (κ1) is 40.4. The quantitative estimate of drug-likeness (QED) is 0.104. The molecule has 3 aromatic carbocycles. The number of hydrogen-bond donors (Lipinski definition) is 1. The van der Waals surface area contributed by atoms with E-state index in [9.17, 15) is 9.90 Å². The Labute approximate surface area is 310 Å². The number of hydrogen-bond acceptors (Lipinski definition) is 3. The van der Waals surface area contributed by atoms with E-state index >= 15 is 0 Å². The van der Waals surface area contributed by atoms with Gasteiger partial charge in [0.15, 0.2) is 5.78 Å². The monoisotopic (exact) mass is 837 g/mol. The molecule has 0 fully saturated rings. The van der Waals surface area contributed by atoms with Crippen LogP contribution in [-0.4, -0.2) is 15.9 Å². The summed E-state index contributed by atoms with van der Waals surface area (Å²) in [6.45, 7) is 23.5. The van der Waals surface area contributed by atoms with Crippen LogP contribution in [0.2, 0.25) is 0 Å². The van der Waals surface area contributed by atoms with Gasteiger partial charge >= 0.3 is 0 Å². The van der Waals surface area contributed by atoms with Gasteiger partial charge in [-0.25, -0.2) is 0 Å². The standard InChI is InChI=1S/C30H30N.C15H28O2.Ir/c1-19(2)20-10-12-24-22(16-20)11-13-27-26(24)14-15-31-29(27)23-17-21-8-6-7-9-25(21)28(18-23)30(3,4)5;1-7-14(5,8-2)12(16)11-13(17)15(6,9-3)10-4;/h6-10,12,14-16,18-19H,11,13H2,1-5H3;11,16H,7-10H2,1-6H3;/q-1;;/b;12-11-;. The predicted octanol–water partition coefficient (Wildman–Crippen LogP) is 12.5. The Balaban J connectivity index is 0.000000312. The molecule has 5 rings (SSSR count). The Bertz CT molecular complexity index is 1780. The average molecular weight is 837 g/mol. The zero-order valence-electron chi connectivity index (χ0n) is 31.8. The minimum atomic E-state index is -0.337. The normalized spacial score (nSPS) is 13.3. The van der Waals surface area contributed by atoms with Gasteiger partial charge in [0.05, 0.1) is 0 Å². The van der Waals surface area contributed by atoms with Crippen molar-refractivity contribution in [3.05, 3.63) is 101 Å². The van der Waals surface area contributed by atoms with Gasteiger partial charge in [-0.15, -0.1) is 29.1 Å². The van der Waals surface area contributed by atoms with Crippen LogP contribution in [0, 0.1) is 16.9 Å². The third kappa shape index (κ3) is 8.63. The summed E-state index contributed by atoms with van der Waals surface area (Å²) in [6, 6.07) is 23.8. The Morgan fingerprint density at radius 3 is 2.08 bits per heavy atom. The van der Waals surface area contributed by atoms with Crippen molar-refractivity contribution in [2.75, 3.05) is 0 Å². The number of aromatic nitrogens is 1. The van der Waals surface area contributed by atoms with E-state index in [0.29, 0.717) is 5.92 Å². The minimum Gasteiger partial charge on any atom is -0.512 e. The van der Waals surface area contributed by atoms with Crippen LogP contribution >= 0.6 is 0 Å². The van der Waals surface area contributed by atoms with Gasteiger partial charge in [0.1, 0.15) is 5.76 Å². The van der Waals surface area contributed by atoms with Crippen LogP contribution in [0.4, 0.5) is 0 Å². The molecule has 1 aliphatic carbocycles. The maximum Gasteiger partial charge on any atom is 0.164 e. The summed E-state index contributed by atoms with van der Waals surface area (Å²) in [5, 5.41) is 12.6. The number of aliphatic hydroxyl groups excluding tert-OH is 1. The Morgan fingerprint density at radius 2 is 1.49 bits per heavy atom. The molecule has 1 aliphatic rings. The zero-order valence-corrected chi connectivity index (χ0v) is 34.2. The number of carbonyl (C=O) groups excluding carboxylic acids is 1. The van der Waals surface area contributed by atoms with E-state index in [2.05, 4.69) is 95.3 Å². The molecule has 0 spiro atoms. The maximum absolute atomic E-state index is 12.2. The fourth-order valence-corrected chi connectivity index (χ4v) is 6.59. The number of aryl methyl sites for hydroxylation is 1. The molecule has 1 radical (unpaired) electrons. The van der Waals surface area contributed by atoms with E-state index in [0.717, 1.165) is 49.8 Å². The largest absolute Gasteiger partial charge is 0.512 e. The summed E-state index contributed by atoms with van der Waals surface area (Å²) in [5.41, 5.74) is 9.96. The molecule has 0 aliphatic heterocycles. The molecule has 4 aromatic rings. The first-order valence-corrected chi connectivity index (χ1v) is 18.1. The van der Waals surface area contributed by atoms with Crippen molar-refractivity contribution in [1.82, 2.24) is 4.98 Å². The molecule has 4 heteroatoms. The van der Waals surface area contributed by atoms with Gasteiger partial charge in [-0.05, 0) is 83.7 Å². The first-order valence-electron chi connectivity index (χ1n) is 18.1. The van der Waals surface area contributed by atoms with E-state index in [4.69, 9.17) is 4.98 Å². The Kier molecular flexibility index (Phi) is 13.4. The van der Waals surface area contributed by atoms with Crippen LogP contribution < -0.4 is 0 Å². The molecule has 49 heavy (non-hydrogen) atoms. The summed E-state index contributed by atoms with van der Waals surface area (Å²) in [5.74, 6) is 0.844. The number of allylic oxidation sites excluding steroid dienone is 2. The second-order valence-corrected chi connectivity index (χ2v) is 15.6. The molecule has 265 valence electrons. The molecule has 0 saturated heterocycles. The van der Waals surface area contributed by atoms with Crippen LogP contribution in [-0.2, 0) is 43.2 Å². The van der Waals surface area contributed by atoms with E-state index in [1.807, 2.05) is 47.7 Å². The number of fused-ring (bicyclic) bond motifs is 4. The molecule has 3 nitrogen and oxygen atoms in total. The van der Waals surface area contributed by atoms with Crippen LogP contribution in [0.25, 0.3) is 33.2 Å². The van der Waals surface area contributed by atoms with Crippen molar-refractivity contribution in [3.8, 4) is 22.4 Å². The second kappa shape index (κ2) is 16.3. The van der Waals surface area contributed by atoms with Crippen LogP contribution in [0.3, 0.4) is 0 Å². The van der Waals surface area contributed by atoms with Crippen LogP contribution in [0.15, 0.2) is 72.6 Å². The molecule has 1 aromatic heterocycles. The number of nitrogens with zero attached hydrogens (tertiary/aromatic N) is 1. The minimum absolute atomic E-state index is 0. The van der Waals surface area contributed by atoms with Crippen molar-refractivity contribution in [2.24, 2.45) is 10.8 Å². The van der Waals surface area contributed by atoms with E-state index in [1.54, 1.807) is 0 Å². The van der Waals surface area contributed by atoms with Gasteiger partial charge in [-0.1, -0.05) is 124 Å². The van der Waals surface area contributed by atoms with Gasteiger partial charge in [0.25, 0.3) is 0 Å². The number of benzene rings is 3. The van der Waals surface area contributed by atoms with Crippen molar-refractivity contribution in [2.45, 2.75) is 126 Å². The van der Waals surface area contributed by atoms with Crippen molar-refractivity contribution < 1.29 is 30.0 Å². The molecule has 0 saturated carbocycles. The molecule has 1 heterocycles. The van der Waals surface area contributed by atoms with Crippen molar-refractivity contribution in [1.29, 1.82) is 0 Å². The number of ketones is 1. The topological polar surface area (TPSA) is 50.2 Å². The Hall–Kier alpha value is -3.07. The summed E-state index contributed by atoms with van der Waals surface area (Å²) >= 11 is 0. The summed E-state index contributed by atoms with van der Waals surface area (Å²) in [7, 11) is 0. The number of pyridine rings is 1. The molecule has 0 bridgehead atoms. The van der Waals surface area contributed by atoms with Gasteiger partial charge in [0, 0.05) is 48.9 Å². The SMILES string of the molecule is CC(C)c1ccc2c(c1)CCc1c-2ccnc1-c1[c-]c2ccccc2c(C(C)(C)C)c1.CCC(C)(CC)C(=O)/C=C(\O)C(C)(CC)CC.[Ir]. The fraction of sp³-hybridized carbons (Fsp3) is 0.467. The number of aliphatic hydroxyl groups is 1. The van der Waals surface area contributed by atoms with E-state index in [-0.39, 0.29) is 47.9 Å². The molecule has 0 unspecified atom stereocenters. The first-order chi connectivity index (χ1) is 22.6. The molecule has 0 amide bonds. The van der Waals surface area contributed by atoms with Gasteiger partial charge in [0.2, 0.25) is 0 Å². The Morgan fingerprint density at radius 1 is 0.857 bits per heavy atom. The number of carbonyl (C=O) groups is 1. The van der Waals surface area contributed by atoms with Gasteiger partial charge < -0.3 is 5.11 Å². The maximum atomic E-state index is 12.2. The molecular weight excluding hydrogens is 779 g/mol. The third-order valence-electron chi connectivity index (χ3n) is 11.2. The van der Waals surface area contributed by atoms with Gasteiger partial charge in [-0.3, -0.25) is 9.78 Å². The van der Waals surface area contributed by atoms with Crippen molar-refractivity contribution >= 4 is 16.6 Å². The summed E-state index contributed by atoms with van der Waals surface area (Å²) in [4.78, 5) is 17.1. The van der Waals surface area contributed by atoms with Crippen molar-refractivity contribution in [3.63, 3.8) is 0 Å². The van der Waals surface area contributed by atoms with Crippen LogP contribution in [0.1, 0.15) is 130 Å². The zero-order chi connectivity index (χ0) is 35.4. The third-order valence-corrected chi connectivity index (χ3v) is 11.2. The summed E-state index contributed by atoms with van der Waals surface area (Å²) in [6.07, 6.45) is 8.82. The van der Waals surface area contributed by atoms with Gasteiger partial charge in [-0.2, -0.15) is 0 Å². The van der Waals surface area contributed by atoms with Crippen LogP contribution in [0.5, 0.6) is 0 Å². The van der Waals surface area contributed by atoms with E-state index < -0.39 is 0 Å². The fourth-order valence-electron chi connectivity index (χ4n) is 6.59. The molecule has 0 atom stereocenters. The average Bonchev–Trinajstić information content (AvgIpc) is 3.09.